The molecule has 0 fully saturated rings. The average molecular weight is 329 g/mol. The molecular formula is C19H24FN3O. The van der Waals surface area contributed by atoms with Gasteiger partial charge in [-0.1, -0.05) is 6.42 Å². The zero-order valence-corrected chi connectivity index (χ0v) is 14.4. The van der Waals surface area contributed by atoms with E-state index in [-0.39, 0.29) is 11.7 Å². The largest absolute Gasteiger partial charge is 0.338 e. The van der Waals surface area contributed by atoms with Crippen LogP contribution in [0.25, 0.3) is 11.4 Å². The van der Waals surface area contributed by atoms with Gasteiger partial charge in [-0.3, -0.25) is 4.79 Å². The maximum Gasteiger partial charge on any atom is 0.274 e. The van der Waals surface area contributed by atoms with Gasteiger partial charge in [0.05, 0.1) is 5.69 Å². The number of hydrogen-bond donors (Lipinski definition) is 0. The highest BCUT2D eigenvalue weighted by molar-refractivity contribution is 5.94. The molecule has 0 N–H and O–H groups in total. The highest BCUT2D eigenvalue weighted by atomic mass is 19.1. The van der Waals surface area contributed by atoms with Gasteiger partial charge in [-0.2, -0.15) is 0 Å². The van der Waals surface area contributed by atoms with Crippen LogP contribution in [-0.2, 0) is 13.0 Å². The van der Waals surface area contributed by atoms with E-state index in [4.69, 9.17) is 4.98 Å². The van der Waals surface area contributed by atoms with Gasteiger partial charge < -0.3 is 9.47 Å². The van der Waals surface area contributed by atoms with E-state index >= 15 is 0 Å². The first-order valence-electron chi connectivity index (χ1n) is 8.80. The molecule has 1 amide bonds. The number of carbonyl (C=O) groups is 1. The smallest absolute Gasteiger partial charge is 0.274 e. The van der Waals surface area contributed by atoms with Crippen LogP contribution in [0.2, 0.25) is 0 Å². The molecule has 1 aromatic carbocycles. The van der Waals surface area contributed by atoms with E-state index in [9.17, 15) is 9.18 Å². The van der Waals surface area contributed by atoms with Crippen molar-refractivity contribution in [3.8, 4) is 11.4 Å². The van der Waals surface area contributed by atoms with E-state index in [1.54, 1.807) is 12.1 Å². The Morgan fingerprint density at radius 3 is 2.54 bits per heavy atom. The molecule has 0 aliphatic carbocycles. The Morgan fingerprint density at radius 1 is 1.17 bits per heavy atom. The molecule has 24 heavy (non-hydrogen) atoms. The van der Waals surface area contributed by atoms with Crippen LogP contribution in [0.1, 0.15) is 49.3 Å². The van der Waals surface area contributed by atoms with Gasteiger partial charge in [0, 0.05) is 25.2 Å². The topological polar surface area (TPSA) is 38.1 Å². The number of fused-ring (bicyclic) bond motifs is 1. The summed E-state index contributed by atoms with van der Waals surface area (Å²) in [6.45, 7) is 6.18. The fourth-order valence-electron chi connectivity index (χ4n) is 3.37. The van der Waals surface area contributed by atoms with Crippen molar-refractivity contribution in [2.24, 2.45) is 0 Å². The predicted octanol–water partition coefficient (Wildman–Crippen LogP) is 3.90. The second-order valence-electron chi connectivity index (χ2n) is 6.18. The molecule has 0 saturated carbocycles. The summed E-state index contributed by atoms with van der Waals surface area (Å²) in [6.07, 6.45) is 4.18. The molecule has 1 aliphatic heterocycles. The van der Waals surface area contributed by atoms with Gasteiger partial charge in [0.15, 0.2) is 0 Å². The third-order valence-corrected chi connectivity index (χ3v) is 4.72. The van der Waals surface area contributed by atoms with E-state index in [1.807, 2.05) is 18.7 Å². The maximum absolute atomic E-state index is 13.2. The fourth-order valence-corrected chi connectivity index (χ4v) is 3.37. The van der Waals surface area contributed by atoms with E-state index in [0.29, 0.717) is 18.8 Å². The molecule has 0 atom stereocenters. The van der Waals surface area contributed by atoms with E-state index in [2.05, 4.69) is 4.57 Å². The van der Waals surface area contributed by atoms with Gasteiger partial charge in [0.25, 0.3) is 5.91 Å². The number of halogens is 1. The predicted molar refractivity (Wildman–Crippen MR) is 92.4 cm³/mol. The summed E-state index contributed by atoms with van der Waals surface area (Å²) in [5.41, 5.74) is 2.46. The van der Waals surface area contributed by atoms with Crippen LogP contribution < -0.4 is 0 Å². The van der Waals surface area contributed by atoms with E-state index in [1.165, 1.54) is 12.1 Å². The lowest BCUT2D eigenvalue weighted by Crippen LogP contribution is -2.31. The van der Waals surface area contributed by atoms with Gasteiger partial charge >= 0.3 is 0 Å². The summed E-state index contributed by atoms with van der Waals surface area (Å²) < 4.78 is 15.4. The lowest BCUT2D eigenvalue weighted by atomic mass is 10.1. The van der Waals surface area contributed by atoms with Crippen LogP contribution in [0, 0.1) is 5.82 Å². The number of aromatic nitrogens is 2. The van der Waals surface area contributed by atoms with Crippen molar-refractivity contribution < 1.29 is 9.18 Å². The van der Waals surface area contributed by atoms with Crippen LogP contribution >= 0.6 is 0 Å². The summed E-state index contributed by atoms with van der Waals surface area (Å²) in [5.74, 6) is 0.516. The quantitative estimate of drug-likeness (QED) is 0.853. The van der Waals surface area contributed by atoms with Crippen LogP contribution in [-0.4, -0.2) is 33.4 Å². The Hall–Kier alpha value is -2.17. The molecule has 0 radical (unpaired) electrons. The Morgan fingerprint density at radius 2 is 1.88 bits per heavy atom. The Kier molecular flexibility index (Phi) is 4.97. The molecule has 2 aromatic rings. The molecule has 0 saturated heterocycles. The number of amides is 1. The molecule has 0 unspecified atom stereocenters. The number of nitrogens with zero attached hydrogens (tertiary/aromatic N) is 3. The zero-order valence-electron chi connectivity index (χ0n) is 14.4. The number of carbonyl (C=O) groups excluding carboxylic acids is 1. The molecule has 1 aromatic heterocycles. The summed E-state index contributed by atoms with van der Waals surface area (Å²) in [6, 6.07) is 6.36. The average Bonchev–Trinajstić information content (AvgIpc) is 2.78. The van der Waals surface area contributed by atoms with Crippen molar-refractivity contribution >= 4 is 5.91 Å². The first kappa shape index (κ1) is 16.7. The minimum absolute atomic E-state index is 0.000915. The van der Waals surface area contributed by atoms with Crippen LogP contribution in [0.5, 0.6) is 0 Å². The monoisotopic (exact) mass is 329 g/mol. The summed E-state index contributed by atoms with van der Waals surface area (Å²) in [5, 5.41) is 0. The Balaban J connectivity index is 2.10. The van der Waals surface area contributed by atoms with Crippen LogP contribution in [0.15, 0.2) is 24.3 Å². The van der Waals surface area contributed by atoms with Gasteiger partial charge in [0.2, 0.25) is 0 Å². The summed E-state index contributed by atoms with van der Waals surface area (Å²) in [7, 11) is 0. The third kappa shape index (κ3) is 3.07. The number of hydrogen-bond acceptors (Lipinski definition) is 2. The standard InChI is InChI=1S/C19H24FN3O/c1-3-22(4-2)19(24)17-16-8-6-5-7-13-23(16)18(21-17)14-9-11-15(20)12-10-14/h9-12H,3-8,13H2,1-2H3. The summed E-state index contributed by atoms with van der Waals surface area (Å²) in [4.78, 5) is 19.4. The van der Waals surface area contributed by atoms with Crippen molar-refractivity contribution in [1.29, 1.82) is 0 Å². The Labute approximate surface area is 142 Å². The van der Waals surface area contributed by atoms with E-state index < -0.39 is 0 Å². The molecule has 1 aliphatic rings. The number of benzene rings is 1. The molecular weight excluding hydrogens is 305 g/mol. The van der Waals surface area contributed by atoms with Crippen LogP contribution in [0.3, 0.4) is 0 Å². The fraction of sp³-hybridized carbons (Fsp3) is 0.474. The van der Waals surface area contributed by atoms with Gasteiger partial charge in [-0.15, -0.1) is 0 Å². The first-order valence-corrected chi connectivity index (χ1v) is 8.80. The zero-order chi connectivity index (χ0) is 17.1. The second kappa shape index (κ2) is 7.16. The van der Waals surface area contributed by atoms with Gasteiger partial charge in [-0.05, 0) is 57.4 Å². The number of rotatable bonds is 4. The van der Waals surface area contributed by atoms with E-state index in [0.717, 1.165) is 49.3 Å². The van der Waals surface area contributed by atoms with Crippen molar-refractivity contribution in [1.82, 2.24) is 14.5 Å². The normalized spacial score (nSPS) is 14.1. The highest BCUT2D eigenvalue weighted by Crippen LogP contribution is 2.28. The maximum atomic E-state index is 13.2. The van der Waals surface area contributed by atoms with Gasteiger partial charge in [0.1, 0.15) is 17.3 Å². The molecule has 5 heteroatoms. The molecule has 128 valence electrons. The molecule has 4 nitrogen and oxygen atoms in total. The van der Waals surface area contributed by atoms with Crippen molar-refractivity contribution in [3.63, 3.8) is 0 Å². The third-order valence-electron chi connectivity index (χ3n) is 4.72. The second-order valence-corrected chi connectivity index (χ2v) is 6.18. The minimum Gasteiger partial charge on any atom is -0.338 e. The Bertz CT molecular complexity index is 717. The molecule has 0 bridgehead atoms. The molecule has 0 spiro atoms. The highest BCUT2D eigenvalue weighted by Gasteiger charge is 2.26. The van der Waals surface area contributed by atoms with Crippen LogP contribution in [0.4, 0.5) is 4.39 Å². The minimum atomic E-state index is -0.263. The lowest BCUT2D eigenvalue weighted by Gasteiger charge is -2.18. The van der Waals surface area contributed by atoms with Gasteiger partial charge in [-0.25, -0.2) is 9.37 Å². The number of imidazole rings is 1. The van der Waals surface area contributed by atoms with Crippen molar-refractivity contribution in [3.05, 3.63) is 41.5 Å². The first-order chi connectivity index (χ1) is 11.7. The van der Waals surface area contributed by atoms with Crippen molar-refractivity contribution in [2.45, 2.75) is 46.1 Å². The summed E-state index contributed by atoms with van der Waals surface area (Å²) >= 11 is 0. The SMILES string of the molecule is CCN(CC)C(=O)c1nc(-c2ccc(F)cc2)n2c1CCCCC2. The molecule has 3 rings (SSSR count). The van der Waals surface area contributed by atoms with Crippen molar-refractivity contribution in [2.75, 3.05) is 13.1 Å². The molecule has 2 heterocycles. The lowest BCUT2D eigenvalue weighted by molar-refractivity contribution is 0.0766.